The molecule has 4 rings (SSSR count). The molecule has 0 saturated carbocycles. The number of nitrogens with zero attached hydrogens (tertiary/aromatic N) is 2. The van der Waals surface area contributed by atoms with Gasteiger partial charge in [-0.1, -0.05) is 54.1 Å². The Hall–Kier alpha value is -2.47. The van der Waals surface area contributed by atoms with Gasteiger partial charge in [-0.2, -0.15) is 0 Å². The standard InChI is InChI=1S/C22H20ClN3OS/c23-18-9-6-16(7-10-18)8-11-21(27)25-22-24-19-12-13-26(15-20(19)28-22)14-17-4-2-1-3-5-17/h1-11H,12-15H2,(H,24,25,27)/b11-8+. The van der Waals surface area contributed by atoms with Crippen molar-refractivity contribution in [2.24, 2.45) is 0 Å². The lowest BCUT2D eigenvalue weighted by molar-refractivity contribution is -0.111. The van der Waals surface area contributed by atoms with Gasteiger partial charge in [-0.15, -0.1) is 11.3 Å². The normalized spacial score (nSPS) is 14.2. The van der Waals surface area contributed by atoms with Gasteiger partial charge >= 0.3 is 0 Å². The zero-order valence-corrected chi connectivity index (χ0v) is 16.8. The van der Waals surface area contributed by atoms with Crippen LogP contribution in [0, 0.1) is 0 Å². The van der Waals surface area contributed by atoms with E-state index in [2.05, 4.69) is 39.5 Å². The third-order valence-electron chi connectivity index (χ3n) is 4.59. The highest BCUT2D eigenvalue weighted by atomic mass is 35.5. The van der Waals surface area contributed by atoms with Gasteiger partial charge < -0.3 is 0 Å². The van der Waals surface area contributed by atoms with Crippen molar-refractivity contribution in [2.75, 3.05) is 11.9 Å². The topological polar surface area (TPSA) is 45.2 Å². The van der Waals surface area contributed by atoms with Crippen molar-refractivity contribution in [2.45, 2.75) is 19.5 Å². The van der Waals surface area contributed by atoms with Crippen molar-refractivity contribution < 1.29 is 4.79 Å². The summed E-state index contributed by atoms with van der Waals surface area (Å²) >= 11 is 7.44. The molecule has 0 spiro atoms. The van der Waals surface area contributed by atoms with E-state index in [0.29, 0.717) is 10.2 Å². The van der Waals surface area contributed by atoms with E-state index in [1.54, 1.807) is 29.5 Å². The first kappa shape index (κ1) is 18.9. The third kappa shape index (κ3) is 4.87. The number of rotatable bonds is 5. The molecule has 0 radical (unpaired) electrons. The summed E-state index contributed by atoms with van der Waals surface area (Å²) in [7, 11) is 0. The van der Waals surface area contributed by atoms with Gasteiger partial charge in [-0.05, 0) is 29.3 Å². The van der Waals surface area contributed by atoms with Crippen LogP contribution in [0.4, 0.5) is 5.13 Å². The summed E-state index contributed by atoms with van der Waals surface area (Å²) in [6.07, 6.45) is 4.20. The molecule has 0 fully saturated rings. The Labute approximate surface area is 173 Å². The van der Waals surface area contributed by atoms with Crippen LogP contribution >= 0.6 is 22.9 Å². The van der Waals surface area contributed by atoms with E-state index in [1.807, 2.05) is 18.2 Å². The number of anilines is 1. The fraction of sp³-hybridized carbons (Fsp3) is 0.182. The highest BCUT2D eigenvalue weighted by Crippen LogP contribution is 2.29. The monoisotopic (exact) mass is 409 g/mol. The molecule has 28 heavy (non-hydrogen) atoms. The second kappa shape index (κ2) is 8.69. The molecule has 1 aliphatic rings. The Morgan fingerprint density at radius 3 is 2.75 bits per heavy atom. The van der Waals surface area contributed by atoms with Crippen LogP contribution in [-0.2, 0) is 24.3 Å². The molecule has 0 aliphatic carbocycles. The van der Waals surface area contributed by atoms with Crippen LogP contribution in [0.2, 0.25) is 5.02 Å². The number of halogens is 1. The van der Waals surface area contributed by atoms with Gasteiger partial charge in [0.25, 0.3) is 0 Å². The van der Waals surface area contributed by atoms with Crippen LogP contribution in [0.1, 0.15) is 21.7 Å². The third-order valence-corrected chi connectivity index (χ3v) is 5.84. The predicted molar refractivity (Wildman–Crippen MR) is 115 cm³/mol. The molecule has 1 N–H and O–H groups in total. The molecule has 1 aromatic heterocycles. The quantitative estimate of drug-likeness (QED) is 0.602. The van der Waals surface area contributed by atoms with Crippen LogP contribution in [0.3, 0.4) is 0 Å². The Bertz CT molecular complexity index is 983. The van der Waals surface area contributed by atoms with Gasteiger partial charge in [0.2, 0.25) is 5.91 Å². The van der Waals surface area contributed by atoms with Gasteiger partial charge in [0.15, 0.2) is 5.13 Å². The Balaban J connectivity index is 1.36. The summed E-state index contributed by atoms with van der Waals surface area (Å²) in [6, 6.07) is 17.8. The molecule has 0 unspecified atom stereocenters. The van der Waals surface area contributed by atoms with Crippen molar-refractivity contribution in [3.63, 3.8) is 0 Å². The molecule has 2 aromatic carbocycles. The molecule has 2 heterocycles. The number of amides is 1. The molecular weight excluding hydrogens is 390 g/mol. The fourth-order valence-corrected chi connectivity index (χ4v) is 4.35. The second-order valence-electron chi connectivity index (χ2n) is 6.71. The van der Waals surface area contributed by atoms with Crippen LogP contribution in [0.5, 0.6) is 0 Å². The summed E-state index contributed by atoms with van der Waals surface area (Å²) in [5, 5.41) is 4.22. The average Bonchev–Trinajstić information content (AvgIpc) is 3.10. The average molecular weight is 410 g/mol. The number of thiazole rings is 1. The highest BCUT2D eigenvalue weighted by Gasteiger charge is 2.21. The van der Waals surface area contributed by atoms with E-state index in [-0.39, 0.29) is 5.91 Å². The number of aromatic nitrogens is 1. The molecule has 142 valence electrons. The minimum atomic E-state index is -0.179. The molecule has 1 aliphatic heterocycles. The summed E-state index contributed by atoms with van der Waals surface area (Å²) in [4.78, 5) is 20.5. The lowest BCUT2D eigenvalue weighted by Crippen LogP contribution is -2.29. The summed E-state index contributed by atoms with van der Waals surface area (Å²) < 4.78 is 0. The zero-order valence-electron chi connectivity index (χ0n) is 15.3. The van der Waals surface area contributed by atoms with Crippen LogP contribution < -0.4 is 5.32 Å². The van der Waals surface area contributed by atoms with Gasteiger partial charge in [0.1, 0.15) is 0 Å². The largest absolute Gasteiger partial charge is 0.298 e. The number of carbonyl (C=O) groups is 1. The summed E-state index contributed by atoms with van der Waals surface area (Å²) in [5.74, 6) is -0.179. The molecular formula is C22H20ClN3OS. The van der Waals surface area contributed by atoms with E-state index in [9.17, 15) is 4.79 Å². The van der Waals surface area contributed by atoms with Crippen molar-refractivity contribution in [3.8, 4) is 0 Å². The van der Waals surface area contributed by atoms with E-state index in [1.165, 1.54) is 16.5 Å². The van der Waals surface area contributed by atoms with Crippen LogP contribution in [0.15, 0.2) is 60.7 Å². The van der Waals surface area contributed by atoms with Crippen molar-refractivity contribution in [1.82, 2.24) is 9.88 Å². The maximum atomic E-state index is 12.2. The SMILES string of the molecule is O=C(/C=C/c1ccc(Cl)cc1)Nc1nc2c(s1)CN(Cc1ccccc1)CC2. The first-order valence-corrected chi connectivity index (χ1v) is 10.3. The Morgan fingerprint density at radius 1 is 1.18 bits per heavy atom. The minimum Gasteiger partial charge on any atom is -0.298 e. The van der Waals surface area contributed by atoms with E-state index in [4.69, 9.17) is 11.6 Å². The first-order valence-electron chi connectivity index (χ1n) is 9.15. The Morgan fingerprint density at radius 2 is 1.96 bits per heavy atom. The smallest absolute Gasteiger partial charge is 0.250 e. The van der Waals surface area contributed by atoms with E-state index < -0.39 is 0 Å². The first-order chi connectivity index (χ1) is 13.7. The van der Waals surface area contributed by atoms with Gasteiger partial charge in [-0.25, -0.2) is 4.98 Å². The Kier molecular flexibility index (Phi) is 5.86. The molecule has 0 atom stereocenters. The zero-order chi connectivity index (χ0) is 19.3. The lowest BCUT2D eigenvalue weighted by Gasteiger charge is -2.25. The summed E-state index contributed by atoms with van der Waals surface area (Å²) in [6.45, 7) is 2.79. The van der Waals surface area contributed by atoms with Crippen molar-refractivity contribution in [3.05, 3.63) is 87.4 Å². The lowest BCUT2D eigenvalue weighted by atomic mass is 10.1. The van der Waals surface area contributed by atoms with Crippen molar-refractivity contribution >= 4 is 40.1 Å². The number of hydrogen-bond donors (Lipinski definition) is 1. The molecule has 4 nitrogen and oxygen atoms in total. The molecule has 3 aromatic rings. The molecule has 0 bridgehead atoms. The van der Waals surface area contributed by atoms with E-state index >= 15 is 0 Å². The number of hydrogen-bond acceptors (Lipinski definition) is 4. The maximum Gasteiger partial charge on any atom is 0.250 e. The van der Waals surface area contributed by atoms with Crippen LogP contribution in [0.25, 0.3) is 6.08 Å². The van der Waals surface area contributed by atoms with E-state index in [0.717, 1.165) is 37.3 Å². The number of nitrogens with one attached hydrogen (secondary N) is 1. The molecule has 6 heteroatoms. The molecule has 0 saturated heterocycles. The van der Waals surface area contributed by atoms with Crippen LogP contribution in [-0.4, -0.2) is 22.3 Å². The van der Waals surface area contributed by atoms with Crippen molar-refractivity contribution in [1.29, 1.82) is 0 Å². The second-order valence-corrected chi connectivity index (χ2v) is 8.23. The van der Waals surface area contributed by atoms with Gasteiger partial charge in [-0.3, -0.25) is 15.0 Å². The fourth-order valence-electron chi connectivity index (χ4n) is 3.17. The predicted octanol–water partition coefficient (Wildman–Crippen LogP) is 5.01. The molecule has 1 amide bonds. The summed E-state index contributed by atoms with van der Waals surface area (Å²) in [5.41, 5.74) is 3.34. The number of fused-ring (bicyclic) bond motifs is 1. The number of carbonyl (C=O) groups excluding carboxylic acids is 1. The minimum absolute atomic E-state index is 0.179. The van der Waals surface area contributed by atoms with Gasteiger partial charge in [0.05, 0.1) is 5.69 Å². The number of benzene rings is 2. The van der Waals surface area contributed by atoms with Gasteiger partial charge in [0, 0.05) is 42.0 Å². The highest BCUT2D eigenvalue weighted by molar-refractivity contribution is 7.15. The maximum absolute atomic E-state index is 12.2.